The zero-order valence-electron chi connectivity index (χ0n) is 11.5. The summed E-state index contributed by atoms with van der Waals surface area (Å²) in [6.07, 6.45) is 7.47. The summed E-state index contributed by atoms with van der Waals surface area (Å²) in [5.74, 6) is 3.73. The molecular formula is C15H28BrN. The molecule has 0 aromatic heterocycles. The van der Waals surface area contributed by atoms with Gasteiger partial charge in [0.2, 0.25) is 0 Å². The summed E-state index contributed by atoms with van der Waals surface area (Å²) in [7, 11) is 0. The lowest BCUT2D eigenvalue weighted by molar-refractivity contribution is 0.0729. The molecule has 2 heteroatoms. The third kappa shape index (κ3) is 3.70. The Labute approximate surface area is 115 Å². The average Bonchev–Trinajstić information content (AvgIpc) is 2.35. The van der Waals surface area contributed by atoms with Crippen molar-refractivity contribution in [3.05, 3.63) is 0 Å². The Morgan fingerprint density at radius 2 is 1.82 bits per heavy atom. The van der Waals surface area contributed by atoms with Crippen molar-refractivity contribution < 1.29 is 0 Å². The topological polar surface area (TPSA) is 3.24 Å². The number of hydrogen-bond donors (Lipinski definition) is 0. The van der Waals surface area contributed by atoms with Gasteiger partial charge in [0.05, 0.1) is 0 Å². The highest BCUT2D eigenvalue weighted by Gasteiger charge is 2.31. The van der Waals surface area contributed by atoms with E-state index in [1.807, 2.05) is 0 Å². The van der Waals surface area contributed by atoms with Crippen molar-refractivity contribution in [3.8, 4) is 0 Å². The molecule has 100 valence electrons. The van der Waals surface area contributed by atoms with Crippen molar-refractivity contribution in [2.24, 2.45) is 23.7 Å². The number of hydrogen-bond acceptors (Lipinski definition) is 1. The summed E-state index contributed by atoms with van der Waals surface area (Å²) < 4.78 is 0. The van der Waals surface area contributed by atoms with Gasteiger partial charge in [0.15, 0.2) is 0 Å². The molecule has 17 heavy (non-hydrogen) atoms. The zero-order valence-corrected chi connectivity index (χ0v) is 13.1. The van der Waals surface area contributed by atoms with Crippen LogP contribution >= 0.6 is 15.9 Å². The van der Waals surface area contributed by atoms with Crippen LogP contribution in [0.1, 0.15) is 46.0 Å². The minimum absolute atomic E-state index is 0.804. The van der Waals surface area contributed by atoms with Crippen molar-refractivity contribution in [1.82, 2.24) is 4.90 Å². The van der Waals surface area contributed by atoms with Gasteiger partial charge in [-0.1, -0.05) is 49.0 Å². The molecule has 1 aliphatic carbocycles. The molecule has 0 aromatic carbocycles. The first kappa shape index (κ1) is 13.9. The molecule has 0 N–H and O–H groups in total. The van der Waals surface area contributed by atoms with E-state index in [0.717, 1.165) is 29.0 Å². The lowest BCUT2D eigenvalue weighted by atomic mass is 9.75. The molecule has 1 heterocycles. The lowest BCUT2D eigenvalue weighted by Gasteiger charge is -2.42. The fraction of sp³-hybridized carbons (Fsp3) is 1.00. The van der Waals surface area contributed by atoms with Crippen molar-refractivity contribution in [2.75, 3.05) is 25.0 Å². The van der Waals surface area contributed by atoms with Crippen LogP contribution in [0.15, 0.2) is 0 Å². The highest BCUT2D eigenvalue weighted by atomic mass is 79.9. The SMILES string of the molecule is CC(C)C(CBr)CN1CCC2CCCCC2C1. The van der Waals surface area contributed by atoms with Gasteiger partial charge in [-0.3, -0.25) is 0 Å². The van der Waals surface area contributed by atoms with Crippen LogP contribution in [-0.4, -0.2) is 29.9 Å². The molecule has 2 aliphatic rings. The van der Waals surface area contributed by atoms with Gasteiger partial charge in [0.25, 0.3) is 0 Å². The second-order valence-electron chi connectivity index (χ2n) is 6.51. The second-order valence-corrected chi connectivity index (χ2v) is 7.16. The highest BCUT2D eigenvalue weighted by Crippen LogP contribution is 2.36. The summed E-state index contributed by atoms with van der Waals surface area (Å²) in [6, 6.07) is 0. The summed E-state index contributed by atoms with van der Waals surface area (Å²) in [5.41, 5.74) is 0. The lowest BCUT2D eigenvalue weighted by Crippen LogP contribution is -2.44. The van der Waals surface area contributed by atoms with Crippen LogP contribution in [0.5, 0.6) is 0 Å². The summed E-state index contributed by atoms with van der Waals surface area (Å²) in [6.45, 7) is 8.78. The summed E-state index contributed by atoms with van der Waals surface area (Å²) in [4.78, 5) is 2.75. The number of alkyl halides is 1. The van der Waals surface area contributed by atoms with Gasteiger partial charge in [0, 0.05) is 18.4 Å². The molecule has 3 unspecified atom stereocenters. The van der Waals surface area contributed by atoms with E-state index in [1.165, 1.54) is 51.7 Å². The number of fused-ring (bicyclic) bond motifs is 1. The van der Waals surface area contributed by atoms with Gasteiger partial charge in [-0.05, 0) is 43.1 Å². The Morgan fingerprint density at radius 3 is 2.47 bits per heavy atom. The van der Waals surface area contributed by atoms with Gasteiger partial charge < -0.3 is 4.90 Å². The first-order chi connectivity index (χ1) is 8.20. The Kier molecular flexibility index (Phi) is 5.35. The smallest absolute Gasteiger partial charge is 0.00743 e. The molecule has 1 aliphatic heterocycles. The number of piperidine rings is 1. The van der Waals surface area contributed by atoms with Crippen LogP contribution in [-0.2, 0) is 0 Å². The van der Waals surface area contributed by atoms with E-state index in [-0.39, 0.29) is 0 Å². The van der Waals surface area contributed by atoms with Gasteiger partial charge in [-0.2, -0.15) is 0 Å². The van der Waals surface area contributed by atoms with Crippen LogP contribution < -0.4 is 0 Å². The third-order valence-corrected chi connectivity index (χ3v) is 5.84. The van der Waals surface area contributed by atoms with Gasteiger partial charge in [0.1, 0.15) is 0 Å². The van der Waals surface area contributed by atoms with E-state index in [2.05, 4.69) is 34.7 Å². The molecule has 0 aromatic rings. The fourth-order valence-corrected chi connectivity index (χ4v) is 4.56. The van der Waals surface area contributed by atoms with E-state index >= 15 is 0 Å². The minimum Gasteiger partial charge on any atom is -0.303 e. The first-order valence-electron chi connectivity index (χ1n) is 7.49. The molecule has 0 radical (unpaired) electrons. The second kappa shape index (κ2) is 6.56. The molecule has 2 rings (SSSR count). The van der Waals surface area contributed by atoms with Crippen LogP contribution in [0.2, 0.25) is 0 Å². The van der Waals surface area contributed by atoms with Gasteiger partial charge >= 0.3 is 0 Å². The normalized spacial score (nSPS) is 32.5. The van der Waals surface area contributed by atoms with Crippen molar-refractivity contribution in [2.45, 2.75) is 46.0 Å². The molecule has 1 saturated carbocycles. The Balaban J connectivity index is 1.82. The standard InChI is InChI=1S/C15H28BrN/c1-12(2)15(9-16)11-17-8-7-13-5-3-4-6-14(13)10-17/h12-15H,3-11H2,1-2H3. The van der Waals surface area contributed by atoms with Crippen molar-refractivity contribution in [1.29, 1.82) is 0 Å². The van der Waals surface area contributed by atoms with Gasteiger partial charge in [-0.15, -0.1) is 0 Å². The number of rotatable bonds is 4. The predicted octanol–water partition coefficient (Wildman–Crippen LogP) is 4.17. The van der Waals surface area contributed by atoms with Crippen LogP contribution in [0.4, 0.5) is 0 Å². The molecule has 0 spiro atoms. The maximum atomic E-state index is 3.69. The number of nitrogens with zero attached hydrogens (tertiary/aromatic N) is 1. The Hall–Kier alpha value is 0.440. The number of halogens is 1. The Morgan fingerprint density at radius 1 is 1.12 bits per heavy atom. The monoisotopic (exact) mass is 301 g/mol. The van der Waals surface area contributed by atoms with E-state index in [1.54, 1.807) is 0 Å². The molecule has 1 saturated heterocycles. The Bertz CT molecular complexity index is 229. The number of likely N-dealkylation sites (tertiary alicyclic amines) is 1. The summed E-state index contributed by atoms with van der Waals surface area (Å²) >= 11 is 3.69. The minimum atomic E-state index is 0.804. The fourth-order valence-electron chi connectivity index (χ4n) is 3.61. The summed E-state index contributed by atoms with van der Waals surface area (Å²) in [5, 5.41) is 1.16. The maximum Gasteiger partial charge on any atom is 0.00743 e. The third-order valence-electron chi connectivity index (χ3n) is 5.01. The highest BCUT2D eigenvalue weighted by molar-refractivity contribution is 9.09. The maximum absolute atomic E-state index is 3.69. The molecule has 1 nitrogen and oxygen atoms in total. The van der Waals surface area contributed by atoms with Crippen LogP contribution in [0, 0.1) is 23.7 Å². The van der Waals surface area contributed by atoms with E-state index < -0.39 is 0 Å². The average molecular weight is 302 g/mol. The largest absolute Gasteiger partial charge is 0.303 e. The molecule has 0 amide bonds. The van der Waals surface area contributed by atoms with Crippen molar-refractivity contribution in [3.63, 3.8) is 0 Å². The van der Waals surface area contributed by atoms with Crippen molar-refractivity contribution >= 4 is 15.9 Å². The van der Waals surface area contributed by atoms with E-state index in [9.17, 15) is 0 Å². The van der Waals surface area contributed by atoms with E-state index in [4.69, 9.17) is 0 Å². The molecule has 3 atom stereocenters. The zero-order chi connectivity index (χ0) is 12.3. The molecule has 2 fully saturated rings. The van der Waals surface area contributed by atoms with E-state index in [0.29, 0.717) is 0 Å². The quantitative estimate of drug-likeness (QED) is 0.705. The van der Waals surface area contributed by atoms with Gasteiger partial charge in [-0.25, -0.2) is 0 Å². The first-order valence-corrected chi connectivity index (χ1v) is 8.61. The van der Waals surface area contributed by atoms with Crippen LogP contribution in [0.3, 0.4) is 0 Å². The van der Waals surface area contributed by atoms with Crippen LogP contribution in [0.25, 0.3) is 0 Å². The molecule has 0 bridgehead atoms. The molecular weight excluding hydrogens is 274 g/mol. The predicted molar refractivity (Wildman–Crippen MR) is 78.6 cm³/mol.